The third-order valence-corrected chi connectivity index (χ3v) is 4.22. The summed E-state index contributed by atoms with van der Waals surface area (Å²) in [5, 5.41) is 7.04. The van der Waals surface area contributed by atoms with E-state index >= 15 is 0 Å². The van der Waals surface area contributed by atoms with Crippen molar-refractivity contribution in [1.82, 2.24) is 14.9 Å². The third kappa shape index (κ3) is 3.73. The van der Waals surface area contributed by atoms with Crippen molar-refractivity contribution in [3.05, 3.63) is 57.2 Å². The van der Waals surface area contributed by atoms with Crippen LogP contribution in [0.2, 0.25) is 0 Å². The maximum Gasteiger partial charge on any atom is 0.214 e. The lowest BCUT2D eigenvalue weighted by Gasteiger charge is -2.07. The quantitative estimate of drug-likeness (QED) is 0.598. The van der Waals surface area contributed by atoms with E-state index in [0.29, 0.717) is 11.3 Å². The first kappa shape index (κ1) is 16.0. The van der Waals surface area contributed by atoms with Crippen molar-refractivity contribution in [2.45, 2.75) is 26.3 Å². The molecule has 1 aromatic carbocycles. The van der Waals surface area contributed by atoms with E-state index in [2.05, 4.69) is 38.5 Å². The molecular weight excluding hydrogens is 376 g/mol. The number of hydrogen-bond acceptors (Lipinski definition) is 4. The van der Waals surface area contributed by atoms with E-state index in [1.54, 1.807) is 4.68 Å². The van der Waals surface area contributed by atoms with Gasteiger partial charge >= 0.3 is 0 Å². The molecule has 0 aliphatic heterocycles. The van der Waals surface area contributed by atoms with E-state index in [1.807, 2.05) is 36.4 Å². The minimum Gasteiger partial charge on any atom is -0.459 e. The highest BCUT2D eigenvalue weighted by Crippen LogP contribution is 2.24. The van der Waals surface area contributed by atoms with Crippen molar-refractivity contribution in [1.29, 1.82) is 0 Å². The van der Waals surface area contributed by atoms with Gasteiger partial charge in [-0.15, -0.1) is 0 Å². The van der Waals surface area contributed by atoms with Crippen molar-refractivity contribution < 1.29 is 4.42 Å². The molecule has 23 heavy (non-hydrogen) atoms. The SMILES string of the molecule is CCCc1n[nH]c(=S)n1NCc1ccc(-c2ccc(Br)cc2)o1. The Morgan fingerprint density at radius 1 is 1.26 bits per heavy atom. The monoisotopic (exact) mass is 392 g/mol. The van der Waals surface area contributed by atoms with Gasteiger partial charge in [0, 0.05) is 16.5 Å². The molecule has 0 fully saturated rings. The van der Waals surface area contributed by atoms with Crippen molar-refractivity contribution in [2.75, 3.05) is 5.43 Å². The second-order valence-electron chi connectivity index (χ2n) is 5.14. The van der Waals surface area contributed by atoms with Crippen LogP contribution >= 0.6 is 28.1 Å². The Kier molecular flexibility index (Phi) is 4.97. The number of nitrogens with zero attached hydrogens (tertiary/aromatic N) is 2. The molecular formula is C16H17BrN4OS. The fourth-order valence-corrected chi connectivity index (χ4v) is 2.76. The largest absolute Gasteiger partial charge is 0.459 e. The van der Waals surface area contributed by atoms with Gasteiger partial charge in [-0.1, -0.05) is 35.0 Å². The minimum atomic E-state index is 0.543. The number of benzene rings is 1. The summed E-state index contributed by atoms with van der Waals surface area (Å²) in [6, 6.07) is 12.0. The van der Waals surface area contributed by atoms with Crippen LogP contribution in [0.5, 0.6) is 0 Å². The number of aryl methyl sites for hydroxylation is 1. The van der Waals surface area contributed by atoms with Crippen LogP contribution in [0, 0.1) is 4.77 Å². The van der Waals surface area contributed by atoms with Gasteiger partial charge in [-0.05, 0) is 42.9 Å². The first-order chi connectivity index (χ1) is 11.2. The molecule has 0 atom stereocenters. The van der Waals surface area contributed by atoms with Gasteiger partial charge in [-0.3, -0.25) is 5.10 Å². The second-order valence-corrected chi connectivity index (χ2v) is 6.44. The highest BCUT2D eigenvalue weighted by molar-refractivity contribution is 9.10. The van der Waals surface area contributed by atoms with Crippen molar-refractivity contribution >= 4 is 28.1 Å². The van der Waals surface area contributed by atoms with E-state index in [9.17, 15) is 0 Å². The maximum absolute atomic E-state index is 5.89. The Hall–Kier alpha value is -1.86. The van der Waals surface area contributed by atoms with E-state index in [1.165, 1.54) is 0 Å². The molecule has 0 aliphatic rings. The van der Waals surface area contributed by atoms with E-state index in [0.717, 1.165) is 40.2 Å². The second kappa shape index (κ2) is 7.14. The number of aromatic nitrogens is 3. The van der Waals surface area contributed by atoms with Crippen LogP contribution in [0.15, 0.2) is 45.3 Å². The summed E-state index contributed by atoms with van der Waals surface area (Å²) in [6.07, 6.45) is 1.87. The van der Waals surface area contributed by atoms with Crippen molar-refractivity contribution in [3.63, 3.8) is 0 Å². The topological polar surface area (TPSA) is 58.8 Å². The number of halogens is 1. The van der Waals surface area contributed by atoms with Gasteiger partial charge in [0.1, 0.15) is 11.5 Å². The van der Waals surface area contributed by atoms with E-state index in [-0.39, 0.29) is 0 Å². The highest BCUT2D eigenvalue weighted by Gasteiger charge is 2.08. The van der Waals surface area contributed by atoms with Crippen LogP contribution in [0.1, 0.15) is 24.9 Å². The number of aromatic amines is 1. The van der Waals surface area contributed by atoms with Gasteiger partial charge in [0.15, 0.2) is 5.82 Å². The smallest absolute Gasteiger partial charge is 0.214 e. The van der Waals surface area contributed by atoms with Crippen LogP contribution in [-0.2, 0) is 13.0 Å². The lowest BCUT2D eigenvalue weighted by atomic mass is 10.2. The van der Waals surface area contributed by atoms with Gasteiger partial charge in [-0.25, -0.2) is 4.68 Å². The number of rotatable bonds is 6. The van der Waals surface area contributed by atoms with Crippen molar-refractivity contribution in [2.24, 2.45) is 0 Å². The van der Waals surface area contributed by atoms with Gasteiger partial charge < -0.3 is 9.84 Å². The normalized spacial score (nSPS) is 10.9. The van der Waals surface area contributed by atoms with E-state index in [4.69, 9.17) is 16.6 Å². The van der Waals surface area contributed by atoms with Crippen LogP contribution in [0.3, 0.4) is 0 Å². The molecule has 0 saturated carbocycles. The molecule has 0 radical (unpaired) electrons. The van der Waals surface area contributed by atoms with Crippen LogP contribution in [0.25, 0.3) is 11.3 Å². The molecule has 0 bridgehead atoms. The molecule has 3 aromatic rings. The number of furan rings is 1. The first-order valence-electron chi connectivity index (χ1n) is 7.42. The summed E-state index contributed by atoms with van der Waals surface area (Å²) in [5.41, 5.74) is 4.30. The first-order valence-corrected chi connectivity index (χ1v) is 8.62. The van der Waals surface area contributed by atoms with Crippen LogP contribution in [-0.4, -0.2) is 14.9 Å². The standard InChI is InChI=1S/C16H17BrN4OS/c1-2-3-15-19-20-16(23)21(15)18-10-13-8-9-14(22-13)11-4-6-12(17)7-5-11/h4-9,18H,2-3,10H2,1H3,(H,20,23). The molecule has 120 valence electrons. The summed E-state index contributed by atoms with van der Waals surface area (Å²) < 4.78 is 9.31. The van der Waals surface area contributed by atoms with Gasteiger partial charge in [0.2, 0.25) is 4.77 Å². The Bertz CT molecular complexity index is 834. The molecule has 2 aromatic heterocycles. The zero-order valence-corrected chi connectivity index (χ0v) is 15.1. The number of nitrogens with one attached hydrogen (secondary N) is 2. The van der Waals surface area contributed by atoms with Gasteiger partial charge in [0.25, 0.3) is 0 Å². The van der Waals surface area contributed by atoms with Crippen molar-refractivity contribution in [3.8, 4) is 11.3 Å². The average Bonchev–Trinajstić information content (AvgIpc) is 3.14. The van der Waals surface area contributed by atoms with Crippen LogP contribution < -0.4 is 5.43 Å². The fourth-order valence-electron chi connectivity index (χ4n) is 2.28. The summed E-state index contributed by atoms with van der Waals surface area (Å²) in [4.78, 5) is 0. The molecule has 2 N–H and O–H groups in total. The summed E-state index contributed by atoms with van der Waals surface area (Å²) >= 11 is 8.68. The third-order valence-electron chi connectivity index (χ3n) is 3.42. The summed E-state index contributed by atoms with van der Waals surface area (Å²) in [5.74, 6) is 2.59. The molecule has 0 unspecified atom stereocenters. The number of H-pyrrole nitrogens is 1. The molecule has 0 spiro atoms. The Morgan fingerprint density at radius 3 is 2.78 bits per heavy atom. The zero-order chi connectivity index (χ0) is 16.2. The molecule has 0 saturated heterocycles. The average molecular weight is 393 g/mol. The molecule has 0 amide bonds. The maximum atomic E-state index is 5.89. The Labute approximate surface area is 147 Å². The van der Waals surface area contributed by atoms with E-state index < -0.39 is 0 Å². The zero-order valence-electron chi connectivity index (χ0n) is 12.7. The van der Waals surface area contributed by atoms with Gasteiger partial charge in [0.05, 0.1) is 6.54 Å². The minimum absolute atomic E-state index is 0.543. The molecule has 7 heteroatoms. The van der Waals surface area contributed by atoms with Crippen LogP contribution in [0.4, 0.5) is 0 Å². The molecule has 3 rings (SSSR count). The molecule has 5 nitrogen and oxygen atoms in total. The molecule has 0 aliphatic carbocycles. The number of hydrogen-bond donors (Lipinski definition) is 2. The Balaban J connectivity index is 1.71. The Morgan fingerprint density at radius 2 is 2.04 bits per heavy atom. The summed E-state index contributed by atoms with van der Waals surface area (Å²) in [6.45, 7) is 2.65. The molecule has 2 heterocycles. The van der Waals surface area contributed by atoms with Gasteiger partial charge in [-0.2, -0.15) is 5.10 Å². The highest BCUT2D eigenvalue weighted by atomic mass is 79.9. The lowest BCUT2D eigenvalue weighted by molar-refractivity contribution is 0.520. The fraction of sp³-hybridized carbons (Fsp3) is 0.250. The summed E-state index contributed by atoms with van der Waals surface area (Å²) in [7, 11) is 0. The predicted molar refractivity (Wildman–Crippen MR) is 96.3 cm³/mol. The predicted octanol–water partition coefficient (Wildman–Crippen LogP) is 4.66. The lowest BCUT2D eigenvalue weighted by Crippen LogP contribution is -2.17.